The van der Waals surface area contributed by atoms with E-state index >= 15 is 0 Å². The molecule has 1 aliphatic heterocycles. The van der Waals surface area contributed by atoms with E-state index in [-0.39, 0.29) is 11.8 Å². The highest BCUT2D eigenvalue weighted by molar-refractivity contribution is 5.89. The number of likely N-dealkylation sites (tertiary alicyclic amines) is 1. The van der Waals surface area contributed by atoms with Gasteiger partial charge in [-0.15, -0.1) is 0 Å². The maximum Gasteiger partial charge on any atom is 0.319 e. The van der Waals surface area contributed by atoms with E-state index in [4.69, 9.17) is 5.26 Å². The molecule has 1 atom stereocenters. The summed E-state index contributed by atoms with van der Waals surface area (Å²) in [5, 5.41) is 25.3. The number of nitrogens with zero attached hydrogens (tertiary/aromatic N) is 2. The Hall–Kier alpha value is -2.95. The van der Waals surface area contributed by atoms with Crippen LogP contribution in [0.5, 0.6) is 0 Å². The fraction of sp³-hybridized carbons (Fsp3) is 0.481. The first-order chi connectivity index (χ1) is 16.3. The number of nitrogens with one attached hydrogen (secondary N) is 2. The molecule has 0 aliphatic carbocycles. The van der Waals surface area contributed by atoms with Gasteiger partial charge in [0.25, 0.3) is 0 Å². The van der Waals surface area contributed by atoms with Crippen molar-refractivity contribution >= 4 is 11.7 Å². The van der Waals surface area contributed by atoms with E-state index in [0.717, 1.165) is 45.2 Å². The van der Waals surface area contributed by atoms with Gasteiger partial charge in [0, 0.05) is 18.8 Å². The van der Waals surface area contributed by atoms with Crippen LogP contribution in [0.4, 0.5) is 14.9 Å². The maximum absolute atomic E-state index is 13.1. The van der Waals surface area contributed by atoms with Crippen LogP contribution >= 0.6 is 0 Å². The van der Waals surface area contributed by atoms with Crippen molar-refractivity contribution in [1.29, 1.82) is 5.26 Å². The topological polar surface area (TPSA) is 88.4 Å². The van der Waals surface area contributed by atoms with E-state index in [1.807, 2.05) is 25.1 Å². The second kappa shape index (κ2) is 12.5. The average molecular weight is 467 g/mol. The molecule has 1 aliphatic rings. The Morgan fingerprint density at radius 3 is 2.65 bits per heavy atom. The van der Waals surface area contributed by atoms with Crippen LogP contribution in [-0.2, 0) is 6.42 Å². The quantitative estimate of drug-likeness (QED) is 0.443. The number of urea groups is 1. The minimum atomic E-state index is -0.760. The molecule has 34 heavy (non-hydrogen) atoms. The summed E-state index contributed by atoms with van der Waals surface area (Å²) in [6, 6.07) is 15.3. The van der Waals surface area contributed by atoms with Gasteiger partial charge >= 0.3 is 6.03 Å². The maximum atomic E-state index is 13.1. The number of rotatable bonds is 10. The van der Waals surface area contributed by atoms with Gasteiger partial charge in [0.2, 0.25) is 0 Å². The first-order valence-corrected chi connectivity index (χ1v) is 12.1. The third-order valence-corrected chi connectivity index (χ3v) is 6.39. The predicted molar refractivity (Wildman–Crippen MR) is 132 cm³/mol. The molecular weight excluding hydrogens is 431 g/mol. The molecule has 0 bridgehead atoms. The van der Waals surface area contributed by atoms with Crippen molar-refractivity contribution in [2.45, 2.75) is 51.0 Å². The minimum Gasteiger partial charge on any atom is -0.389 e. The number of hydrogen-bond acceptors (Lipinski definition) is 4. The zero-order valence-electron chi connectivity index (χ0n) is 19.9. The highest BCUT2D eigenvalue weighted by Crippen LogP contribution is 2.24. The summed E-state index contributed by atoms with van der Waals surface area (Å²) in [6.07, 6.45) is 5.43. The number of carbonyl (C=O) groups excluding carboxylic acids is 1. The van der Waals surface area contributed by atoms with Gasteiger partial charge in [0.05, 0.1) is 17.2 Å². The molecular formula is C27H35FN4O2. The molecule has 2 aromatic carbocycles. The Kier molecular flexibility index (Phi) is 9.43. The van der Waals surface area contributed by atoms with E-state index in [9.17, 15) is 14.3 Å². The predicted octanol–water partition coefficient (Wildman–Crippen LogP) is 4.69. The van der Waals surface area contributed by atoms with E-state index < -0.39 is 5.60 Å². The summed E-state index contributed by atoms with van der Waals surface area (Å²) < 4.78 is 13.1. The molecule has 182 valence electrons. The molecule has 1 unspecified atom stereocenters. The lowest BCUT2D eigenvalue weighted by Gasteiger charge is -2.36. The largest absolute Gasteiger partial charge is 0.389 e. The van der Waals surface area contributed by atoms with Crippen LogP contribution in [0.3, 0.4) is 0 Å². The number of benzene rings is 2. The molecule has 0 aromatic heterocycles. The number of amides is 2. The number of halogens is 1. The Balaban J connectivity index is 1.28. The number of piperidine rings is 1. The summed E-state index contributed by atoms with van der Waals surface area (Å²) in [5.41, 5.74) is 1.51. The fourth-order valence-corrected chi connectivity index (χ4v) is 4.54. The molecule has 1 heterocycles. The van der Waals surface area contributed by atoms with Crippen molar-refractivity contribution in [3.05, 3.63) is 65.5 Å². The van der Waals surface area contributed by atoms with Crippen molar-refractivity contribution in [3.8, 4) is 6.07 Å². The molecule has 3 rings (SSSR count). The number of aliphatic hydroxyl groups is 1. The van der Waals surface area contributed by atoms with Crippen LogP contribution in [0.2, 0.25) is 0 Å². The standard InChI is InChI=1S/C27H35FN4O2/c1-27(34,13-2-3-14-30-26(33)31-25-6-4-5-23(18-25)19-29)20-32-15-11-22(12-16-32)17-21-7-9-24(28)10-8-21/h4-10,18,22,34H,2-3,11-17,20H2,1H3,(H2,30,31,33). The molecule has 3 N–H and O–H groups in total. The summed E-state index contributed by atoms with van der Waals surface area (Å²) in [4.78, 5) is 14.3. The van der Waals surface area contributed by atoms with Gasteiger partial charge < -0.3 is 20.6 Å². The summed E-state index contributed by atoms with van der Waals surface area (Å²) in [5.74, 6) is 0.411. The van der Waals surface area contributed by atoms with Crippen LogP contribution < -0.4 is 10.6 Å². The lowest BCUT2D eigenvalue weighted by molar-refractivity contribution is 0.00123. The number of nitriles is 1. The van der Waals surface area contributed by atoms with Crippen LogP contribution in [0.1, 0.15) is 50.2 Å². The molecule has 7 heteroatoms. The zero-order chi connectivity index (χ0) is 24.4. The lowest BCUT2D eigenvalue weighted by Crippen LogP contribution is -2.44. The Bertz CT molecular complexity index is 963. The molecule has 2 aromatic rings. The Morgan fingerprint density at radius 1 is 1.21 bits per heavy atom. The highest BCUT2D eigenvalue weighted by atomic mass is 19.1. The lowest BCUT2D eigenvalue weighted by atomic mass is 9.89. The number of β-amino-alcohol motifs (C(OH)–C–C–N with tert-alkyl or cyclic N) is 1. The Labute approximate surface area is 201 Å². The van der Waals surface area contributed by atoms with Crippen molar-refractivity contribution in [1.82, 2.24) is 10.2 Å². The second-order valence-corrected chi connectivity index (χ2v) is 9.58. The van der Waals surface area contributed by atoms with Crippen LogP contribution in [-0.4, -0.2) is 47.8 Å². The van der Waals surface area contributed by atoms with E-state index in [2.05, 4.69) is 15.5 Å². The van der Waals surface area contributed by atoms with Gasteiger partial charge in [0.1, 0.15) is 5.82 Å². The third-order valence-electron chi connectivity index (χ3n) is 6.39. The van der Waals surface area contributed by atoms with Gasteiger partial charge in [-0.25, -0.2) is 9.18 Å². The molecule has 0 saturated carbocycles. The second-order valence-electron chi connectivity index (χ2n) is 9.58. The monoisotopic (exact) mass is 466 g/mol. The van der Waals surface area contributed by atoms with Gasteiger partial charge in [-0.1, -0.05) is 18.2 Å². The van der Waals surface area contributed by atoms with Gasteiger partial charge in [-0.3, -0.25) is 0 Å². The molecule has 1 saturated heterocycles. The van der Waals surface area contributed by atoms with Gasteiger partial charge in [-0.2, -0.15) is 5.26 Å². The highest BCUT2D eigenvalue weighted by Gasteiger charge is 2.27. The first kappa shape index (κ1) is 25.7. The molecule has 0 radical (unpaired) electrons. The molecule has 0 spiro atoms. The summed E-state index contributed by atoms with van der Waals surface area (Å²) in [6.45, 7) is 5.00. The van der Waals surface area contributed by atoms with Crippen LogP contribution in [0.15, 0.2) is 48.5 Å². The number of unbranched alkanes of at least 4 members (excludes halogenated alkanes) is 1. The Morgan fingerprint density at radius 2 is 1.94 bits per heavy atom. The fourth-order valence-electron chi connectivity index (χ4n) is 4.54. The number of carbonyl (C=O) groups is 1. The molecule has 1 fully saturated rings. The van der Waals surface area contributed by atoms with E-state index in [1.54, 1.807) is 24.3 Å². The van der Waals surface area contributed by atoms with E-state index in [0.29, 0.717) is 36.7 Å². The van der Waals surface area contributed by atoms with E-state index in [1.165, 1.54) is 17.7 Å². The number of hydrogen-bond donors (Lipinski definition) is 3. The van der Waals surface area contributed by atoms with Crippen molar-refractivity contribution in [3.63, 3.8) is 0 Å². The summed E-state index contributed by atoms with van der Waals surface area (Å²) in [7, 11) is 0. The van der Waals surface area contributed by atoms with Gasteiger partial charge in [0.15, 0.2) is 0 Å². The normalized spacial score (nSPS) is 16.4. The smallest absolute Gasteiger partial charge is 0.319 e. The van der Waals surface area contributed by atoms with Crippen molar-refractivity contribution in [2.24, 2.45) is 5.92 Å². The van der Waals surface area contributed by atoms with Crippen molar-refractivity contribution < 1.29 is 14.3 Å². The SMILES string of the molecule is CC(O)(CCCCNC(=O)Nc1cccc(C#N)c1)CN1CCC(Cc2ccc(F)cc2)CC1. The van der Waals surface area contributed by atoms with Gasteiger partial charge in [-0.05, 0) is 100 Å². The number of anilines is 1. The van der Waals surface area contributed by atoms with Crippen LogP contribution in [0.25, 0.3) is 0 Å². The van der Waals surface area contributed by atoms with Crippen LogP contribution in [0, 0.1) is 23.1 Å². The minimum absolute atomic E-state index is 0.192. The summed E-state index contributed by atoms with van der Waals surface area (Å²) >= 11 is 0. The average Bonchev–Trinajstić information content (AvgIpc) is 2.81. The van der Waals surface area contributed by atoms with Crippen molar-refractivity contribution in [2.75, 3.05) is 31.5 Å². The zero-order valence-corrected chi connectivity index (χ0v) is 19.9. The third kappa shape index (κ3) is 8.77. The molecule has 2 amide bonds. The first-order valence-electron chi connectivity index (χ1n) is 12.1. The molecule has 6 nitrogen and oxygen atoms in total.